The predicted molar refractivity (Wildman–Crippen MR) is 82.0 cm³/mol. The Kier molecular flexibility index (Phi) is 5.22. The van der Waals surface area contributed by atoms with E-state index in [0.29, 0.717) is 5.25 Å². The Labute approximate surface area is 128 Å². The second-order valence-electron chi connectivity index (χ2n) is 5.12. The molecule has 0 aliphatic heterocycles. The first-order valence-corrected chi connectivity index (χ1v) is 8.11. The van der Waals surface area contributed by atoms with E-state index in [9.17, 15) is 9.59 Å². The summed E-state index contributed by atoms with van der Waals surface area (Å²) in [6.07, 6.45) is 4.34. The maximum absolute atomic E-state index is 12.2. The minimum atomic E-state index is -0.666. The lowest BCUT2D eigenvalue weighted by Crippen LogP contribution is -2.42. The molecule has 2 rings (SSSR count). The van der Waals surface area contributed by atoms with Crippen LogP contribution in [0, 0.1) is 0 Å². The van der Waals surface area contributed by atoms with Gasteiger partial charge in [-0.25, -0.2) is 4.68 Å². The number of hydrogen-bond donors (Lipinski definition) is 1. The lowest BCUT2D eigenvalue weighted by Gasteiger charge is -2.23. The standard InChI is InChI=1S/C13H21N5O2S/c1-4-21-10-6-5-9(7-10)17(2)12(20)11(19)16-13-14-8-15-18(13)3/h8-10H,4-7H2,1-3H3,(H,14,15,16,19). The molecule has 0 radical (unpaired) electrons. The number of carbonyl (C=O) groups excluding carboxylic acids is 2. The van der Waals surface area contributed by atoms with Gasteiger partial charge >= 0.3 is 11.8 Å². The summed E-state index contributed by atoms with van der Waals surface area (Å²) < 4.78 is 1.41. The number of carbonyl (C=O) groups is 2. The molecule has 1 fully saturated rings. The highest BCUT2D eigenvalue weighted by atomic mass is 32.2. The van der Waals surface area contributed by atoms with Gasteiger partial charge in [0.25, 0.3) is 0 Å². The number of aromatic nitrogens is 3. The first kappa shape index (κ1) is 15.8. The third kappa shape index (κ3) is 3.75. The van der Waals surface area contributed by atoms with Crippen molar-refractivity contribution in [2.24, 2.45) is 7.05 Å². The van der Waals surface area contributed by atoms with Crippen molar-refractivity contribution in [1.82, 2.24) is 19.7 Å². The summed E-state index contributed by atoms with van der Waals surface area (Å²) in [4.78, 5) is 29.6. The number of amides is 2. The van der Waals surface area contributed by atoms with Crippen LogP contribution in [0.1, 0.15) is 26.2 Å². The summed E-state index contributed by atoms with van der Waals surface area (Å²) in [5, 5.41) is 6.92. The Bertz CT molecular complexity index is 518. The van der Waals surface area contributed by atoms with Crippen molar-refractivity contribution in [2.45, 2.75) is 37.5 Å². The van der Waals surface area contributed by atoms with Gasteiger partial charge < -0.3 is 4.90 Å². The normalized spacial score (nSPS) is 21.3. The quantitative estimate of drug-likeness (QED) is 0.835. The number of rotatable bonds is 4. The Morgan fingerprint density at radius 2 is 2.29 bits per heavy atom. The van der Waals surface area contributed by atoms with Gasteiger partial charge in [0.2, 0.25) is 5.95 Å². The van der Waals surface area contributed by atoms with Crippen molar-refractivity contribution in [3.05, 3.63) is 6.33 Å². The zero-order chi connectivity index (χ0) is 15.4. The van der Waals surface area contributed by atoms with Crippen molar-refractivity contribution in [1.29, 1.82) is 0 Å². The highest BCUT2D eigenvalue weighted by molar-refractivity contribution is 7.99. The molecule has 1 aliphatic carbocycles. The molecule has 1 aromatic heterocycles. The summed E-state index contributed by atoms with van der Waals surface area (Å²) in [5.74, 6) is 0.166. The SMILES string of the molecule is CCSC1CCC(N(C)C(=O)C(=O)Nc2ncnn2C)C1. The second-order valence-corrected chi connectivity index (χ2v) is 6.70. The van der Waals surface area contributed by atoms with Gasteiger partial charge in [-0.1, -0.05) is 6.92 Å². The molecule has 0 bridgehead atoms. The van der Waals surface area contributed by atoms with Crippen LogP contribution in [-0.4, -0.2) is 55.6 Å². The van der Waals surface area contributed by atoms with Crippen LogP contribution in [-0.2, 0) is 16.6 Å². The summed E-state index contributed by atoms with van der Waals surface area (Å²) in [6, 6.07) is 0.145. The molecule has 1 saturated carbocycles. The largest absolute Gasteiger partial charge is 0.334 e. The third-order valence-electron chi connectivity index (χ3n) is 3.76. The maximum atomic E-state index is 12.2. The van der Waals surface area contributed by atoms with E-state index in [1.165, 1.54) is 11.0 Å². The number of hydrogen-bond acceptors (Lipinski definition) is 5. The highest BCUT2D eigenvalue weighted by Gasteiger charge is 2.32. The number of nitrogens with zero attached hydrogens (tertiary/aromatic N) is 4. The number of aryl methyl sites for hydroxylation is 1. The van der Waals surface area contributed by atoms with Crippen LogP contribution in [0.25, 0.3) is 0 Å². The summed E-state index contributed by atoms with van der Waals surface area (Å²) in [6.45, 7) is 2.14. The molecule has 2 amide bonds. The summed E-state index contributed by atoms with van der Waals surface area (Å²) >= 11 is 1.93. The molecule has 2 unspecified atom stereocenters. The lowest BCUT2D eigenvalue weighted by atomic mass is 10.2. The van der Waals surface area contributed by atoms with Crippen LogP contribution in [0.15, 0.2) is 6.33 Å². The van der Waals surface area contributed by atoms with E-state index in [-0.39, 0.29) is 12.0 Å². The van der Waals surface area contributed by atoms with Crippen molar-refractivity contribution in [2.75, 3.05) is 18.1 Å². The third-order valence-corrected chi connectivity index (χ3v) is 4.99. The molecule has 0 aromatic carbocycles. The van der Waals surface area contributed by atoms with E-state index in [1.807, 2.05) is 11.8 Å². The molecule has 21 heavy (non-hydrogen) atoms. The highest BCUT2D eigenvalue weighted by Crippen LogP contribution is 2.32. The van der Waals surface area contributed by atoms with Gasteiger partial charge in [-0.2, -0.15) is 21.8 Å². The number of thioether (sulfide) groups is 1. The molecule has 0 spiro atoms. The fraction of sp³-hybridized carbons (Fsp3) is 0.692. The molecule has 1 aliphatic rings. The molecular formula is C13H21N5O2S. The van der Waals surface area contributed by atoms with Crippen molar-refractivity contribution < 1.29 is 9.59 Å². The molecule has 7 nitrogen and oxygen atoms in total. The average Bonchev–Trinajstić information content (AvgIpc) is 3.08. The molecule has 1 aromatic rings. The van der Waals surface area contributed by atoms with Gasteiger partial charge in [0.15, 0.2) is 0 Å². The number of anilines is 1. The zero-order valence-corrected chi connectivity index (χ0v) is 13.4. The zero-order valence-electron chi connectivity index (χ0n) is 12.6. The number of likely N-dealkylation sites (N-methyl/N-ethyl adjacent to an activating group) is 1. The Morgan fingerprint density at radius 3 is 2.90 bits per heavy atom. The van der Waals surface area contributed by atoms with Gasteiger partial charge in [0.05, 0.1) is 0 Å². The van der Waals surface area contributed by atoms with Crippen LogP contribution >= 0.6 is 11.8 Å². The van der Waals surface area contributed by atoms with E-state index in [0.717, 1.165) is 25.0 Å². The summed E-state index contributed by atoms with van der Waals surface area (Å²) in [7, 11) is 3.35. The maximum Gasteiger partial charge on any atom is 0.316 e. The molecule has 1 heterocycles. The van der Waals surface area contributed by atoms with Gasteiger partial charge in [0.1, 0.15) is 6.33 Å². The Hall–Kier alpha value is -1.57. The van der Waals surface area contributed by atoms with Crippen molar-refractivity contribution in [3.63, 3.8) is 0 Å². The monoisotopic (exact) mass is 311 g/mol. The van der Waals surface area contributed by atoms with E-state index < -0.39 is 11.8 Å². The van der Waals surface area contributed by atoms with Crippen LogP contribution in [0.2, 0.25) is 0 Å². The van der Waals surface area contributed by atoms with E-state index in [2.05, 4.69) is 22.3 Å². The van der Waals surface area contributed by atoms with Crippen molar-refractivity contribution >= 4 is 29.5 Å². The smallest absolute Gasteiger partial charge is 0.316 e. The lowest BCUT2D eigenvalue weighted by molar-refractivity contribution is -0.143. The second kappa shape index (κ2) is 6.93. The van der Waals surface area contributed by atoms with E-state index in [1.54, 1.807) is 19.0 Å². The van der Waals surface area contributed by atoms with E-state index >= 15 is 0 Å². The minimum absolute atomic E-state index is 0.145. The number of nitrogens with one attached hydrogen (secondary N) is 1. The Balaban J connectivity index is 1.90. The van der Waals surface area contributed by atoms with Crippen LogP contribution in [0.3, 0.4) is 0 Å². The molecule has 2 atom stereocenters. The average molecular weight is 311 g/mol. The predicted octanol–water partition coefficient (Wildman–Crippen LogP) is 0.886. The minimum Gasteiger partial charge on any atom is -0.334 e. The topological polar surface area (TPSA) is 80.1 Å². The van der Waals surface area contributed by atoms with Gasteiger partial charge in [-0.15, -0.1) is 0 Å². The van der Waals surface area contributed by atoms with Crippen LogP contribution in [0.4, 0.5) is 5.95 Å². The molecule has 116 valence electrons. The molecule has 1 N–H and O–H groups in total. The first-order valence-electron chi connectivity index (χ1n) is 7.06. The summed E-state index contributed by atoms with van der Waals surface area (Å²) in [5.41, 5.74) is 0. The first-order chi connectivity index (χ1) is 10.0. The van der Waals surface area contributed by atoms with Gasteiger partial charge in [-0.3, -0.25) is 14.9 Å². The van der Waals surface area contributed by atoms with Crippen LogP contribution in [0.5, 0.6) is 0 Å². The molecular weight excluding hydrogens is 290 g/mol. The molecule has 0 saturated heterocycles. The Morgan fingerprint density at radius 1 is 1.52 bits per heavy atom. The fourth-order valence-corrected chi connectivity index (χ4v) is 3.68. The fourth-order valence-electron chi connectivity index (χ4n) is 2.55. The van der Waals surface area contributed by atoms with E-state index in [4.69, 9.17) is 0 Å². The van der Waals surface area contributed by atoms with Gasteiger partial charge in [0, 0.05) is 25.4 Å². The molecule has 8 heteroatoms. The van der Waals surface area contributed by atoms with Crippen molar-refractivity contribution in [3.8, 4) is 0 Å². The van der Waals surface area contributed by atoms with Gasteiger partial charge in [-0.05, 0) is 25.0 Å². The van der Waals surface area contributed by atoms with Crippen LogP contribution < -0.4 is 5.32 Å².